The third-order valence-corrected chi connectivity index (χ3v) is 3.43. The van der Waals surface area contributed by atoms with E-state index in [4.69, 9.17) is 4.74 Å². The van der Waals surface area contributed by atoms with E-state index in [1.54, 1.807) is 7.11 Å². The van der Waals surface area contributed by atoms with Crippen LogP contribution in [-0.2, 0) is 4.79 Å². The fraction of sp³-hybridized carbons (Fsp3) is 0.278. The quantitative estimate of drug-likeness (QED) is 0.854. The molecule has 0 radical (unpaired) electrons. The lowest BCUT2D eigenvalue weighted by molar-refractivity contribution is -0.115. The SMILES string of the molecule is COc1ccc(NCCC(=O)Nc2ccc(C)cc2C)cc1. The molecule has 0 aliphatic heterocycles. The molecule has 0 spiro atoms. The van der Waals surface area contributed by atoms with Crippen molar-refractivity contribution in [3.05, 3.63) is 53.6 Å². The largest absolute Gasteiger partial charge is 0.497 e. The van der Waals surface area contributed by atoms with E-state index in [9.17, 15) is 4.79 Å². The van der Waals surface area contributed by atoms with Gasteiger partial charge in [-0.3, -0.25) is 4.79 Å². The van der Waals surface area contributed by atoms with Crippen molar-refractivity contribution in [1.82, 2.24) is 0 Å². The average molecular weight is 298 g/mol. The summed E-state index contributed by atoms with van der Waals surface area (Å²) in [5, 5.41) is 6.16. The smallest absolute Gasteiger partial charge is 0.226 e. The molecule has 0 saturated heterocycles. The van der Waals surface area contributed by atoms with Crippen LogP contribution in [0.1, 0.15) is 17.5 Å². The topological polar surface area (TPSA) is 50.4 Å². The Kier molecular flexibility index (Phi) is 5.42. The number of carbonyl (C=O) groups is 1. The zero-order valence-corrected chi connectivity index (χ0v) is 13.3. The van der Waals surface area contributed by atoms with Crippen LogP contribution >= 0.6 is 0 Å². The van der Waals surface area contributed by atoms with Crippen molar-refractivity contribution in [3.63, 3.8) is 0 Å². The molecule has 0 fully saturated rings. The molecule has 22 heavy (non-hydrogen) atoms. The van der Waals surface area contributed by atoms with Gasteiger partial charge in [0.05, 0.1) is 7.11 Å². The summed E-state index contributed by atoms with van der Waals surface area (Å²) >= 11 is 0. The lowest BCUT2D eigenvalue weighted by Crippen LogP contribution is -2.16. The normalized spacial score (nSPS) is 10.1. The van der Waals surface area contributed by atoms with Crippen LogP contribution < -0.4 is 15.4 Å². The van der Waals surface area contributed by atoms with Gasteiger partial charge in [-0.2, -0.15) is 0 Å². The second-order valence-corrected chi connectivity index (χ2v) is 5.27. The molecule has 0 aliphatic carbocycles. The Labute approximate surface area is 131 Å². The molecule has 2 rings (SSSR count). The molecule has 0 atom stereocenters. The second kappa shape index (κ2) is 7.50. The summed E-state index contributed by atoms with van der Waals surface area (Å²) in [6.45, 7) is 4.62. The number of hydrogen-bond acceptors (Lipinski definition) is 3. The first-order valence-electron chi connectivity index (χ1n) is 7.33. The van der Waals surface area contributed by atoms with Gasteiger partial charge in [0.25, 0.3) is 0 Å². The maximum absolute atomic E-state index is 12.0. The Morgan fingerprint density at radius 1 is 1.09 bits per heavy atom. The third kappa shape index (κ3) is 4.52. The van der Waals surface area contributed by atoms with Gasteiger partial charge in [-0.25, -0.2) is 0 Å². The lowest BCUT2D eigenvalue weighted by Gasteiger charge is -2.10. The summed E-state index contributed by atoms with van der Waals surface area (Å²) in [6.07, 6.45) is 0.416. The van der Waals surface area contributed by atoms with Gasteiger partial charge in [0.15, 0.2) is 0 Å². The maximum atomic E-state index is 12.0. The molecule has 0 bridgehead atoms. The van der Waals surface area contributed by atoms with Crippen LogP contribution in [0, 0.1) is 13.8 Å². The molecule has 0 aliphatic rings. The molecule has 116 valence electrons. The van der Waals surface area contributed by atoms with Crippen LogP contribution in [0.25, 0.3) is 0 Å². The Bertz CT molecular complexity index is 636. The van der Waals surface area contributed by atoms with Crippen LogP contribution in [-0.4, -0.2) is 19.6 Å². The predicted octanol–water partition coefficient (Wildman–Crippen LogP) is 3.75. The minimum Gasteiger partial charge on any atom is -0.497 e. The first-order chi connectivity index (χ1) is 10.6. The molecule has 2 aromatic rings. The highest BCUT2D eigenvalue weighted by Crippen LogP contribution is 2.17. The van der Waals surface area contributed by atoms with Gasteiger partial charge in [0, 0.05) is 24.3 Å². The van der Waals surface area contributed by atoms with Crippen molar-refractivity contribution < 1.29 is 9.53 Å². The maximum Gasteiger partial charge on any atom is 0.226 e. The molecule has 0 saturated carbocycles. The zero-order chi connectivity index (χ0) is 15.9. The molecule has 0 aromatic heterocycles. The van der Waals surface area contributed by atoms with Crippen molar-refractivity contribution >= 4 is 17.3 Å². The van der Waals surface area contributed by atoms with E-state index in [1.807, 2.05) is 50.2 Å². The molecular formula is C18H22N2O2. The first kappa shape index (κ1) is 15.9. The number of anilines is 2. The van der Waals surface area contributed by atoms with E-state index in [2.05, 4.69) is 16.7 Å². The van der Waals surface area contributed by atoms with E-state index in [0.29, 0.717) is 13.0 Å². The summed E-state index contributed by atoms with van der Waals surface area (Å²) in [5.74, 6) is 0.825. The van der Waals surface area contributed by atoms with Gasteiger partial charge < -0.3 is 15.4 Å². The molecule has 2 aromatic carbocycles. The van der Waals surface area contributed by atoms with Crippen LogP contribution in [0.2, 0.25) is 0 Å². The number of amides is 1. The van der Waals surface area contributed by atoms with E-state index in [0.717, 1.165) is 22.7 Å². The Hall–Kier alpha value is -2.49. The van der Waals surface area contributed by atoms with E-state index >= 15 is 0 Å². The molecule has 4 heteroatoms. The summed E-state index contributed by atoms with van der Waals surface area (Å²) < 4.78 is 5.11. The Morgan fingerprint density at radius 3 is 2.45 bits per heavy atom. The predicted molar refractivity (Wildman–Crippen MR) is 90.6 cm³/mol. The highest BCUT2D eigenvalue weighted by molar-refractivity contribution is 5.91. The van der Waals surface area contributed by atoms with Crippen molar-refractivity contribution in [2.24, 2.45) is 0 Å². The minimum absolute atomic E-state index is 0.00737. The summed E-state index contributed by atoms with van der Waals surface area (Å²) in [7, 11) is 1.64. The third-order valence-electron chi connectivity index (χ3n) is 3.43. The fourth-order valence-corrected chi connectivity index (χ4v) is 2.20. The number of rotatable bonds is 6. The summed E-state index contributed by atoms with van der Waals surface area (Å²) in [6, 6.07) is 13.6. The van der Waals surface area contributed by atoms with Crippen LogP contribution in [0.15, 0.2) is 42.5 Å². The van der Waals surface area contributed by atoms with E-state index in [-0.39, 0.29) is 5.91 Å². The monoisotopic (exact) mass is 298 g/mol. The van der Waals surface area contributed by atoms with Gasteiger partial charge >= 0.3 is 0 Å². The van der Waals surface area contributed by atoms with Gasteiger partial charge in [-0.15, -0.1) is 0 Å². The molecule has 1 amide bonds. The van der Waals surface area contributed by atoms with Gasteiger partial charge in [0.1, 0.15) is 5.75 Å². The van der Waals surface area contributed by atoms with Crippen molar-refractivity contribution in [1.29, 1.82) is 0 Å². The number of aryl methyl sites for hydroxylation is 2. The second-order valence-electron chi connectivity index (χ2n) is 5.27. The summed E-state index contributed by atoms with van der Waals surface area (Å²) in [4.78, 5) is 12.0. The molecule has 2 N–H and O–H groups in total. The van der Waals surface area contributed by atoms with Gasteiger partial charge in [0.2, 0.25) is 5.91 Å². The fourth-order valence-electron chi connectivity index (χ4n) is 2.20. The van der Waals surface area contributed by atoms with Crippen LogP contribution in [0.4, 0.5) is 11.4 Å². The summed E-state index contributed by atoms with van der Waals surface area (Å²) in [5.41, 5.74) is 4.12. The Morgan fingerprint density at radius 2 is 1.82 bits per heavy atom. The van der Waals surface area contributed by atoms with Crippen molar-refractivity contribution in [3.8, 4) is 5.75 Å². The molecule has 4 nitrogen and oxygen atoms in total. The lowest BCUT2D eigenvalue weighted by atomic mass is 10.1. The van der Waals surface area contributed by atoms with Crippen LogP contribution in [0.5, 0.6) is 5.75 Å². The first-order valence-corrected chi connectivity index (χ1v) is 7.33. The van der Waals surface area contributed by atoms with Crippen molar-refractivity contribution in [2.75, 3.05) is 24.3 Å². The van der Waals surface area contributed by atoms with E-state index < -0.39 is 0 Å². The van der Waals surface area contributed by atoms with E-state index in [1.165, 1.54) is 5.56 Å². The highest BCUT2D eigenvalue weighted by Gasteiger charge is 2.04. The molecular weight excluding hydrogens is 276 g/mol. The number of carbonyl (C=O) groups excluding carboxylic acids is 1. The minimum atomic E-state index is 0.00737. The highest BCUT2D eigenvalue weighted by atomic mass is 16.5. The number of benzene rings is 2. The zero-order valence-electron chi connectivity index (χ0n) is 13.3. The molecule has 0 unspecified atom stereocenters. The number of methoxy groups -OCH3 is 1. The Balaban J connectivity index is 1.79. The van der Waals surface area contributed by atoms with Gasteiger partial charge in [-0.1, -0.05) is 17.7 Å². The number of nitrogens with one attached hydrogen (secondary N) is 2. The molecule has 0 heterocycles. The average Bonchev–Trinajstić information content (AvgIpc) is 2.51. The van der Waals surface area contributed by atoms with Gasteiger partial charge in [-0.05, 0) is 49.7 Å². The number of ether oxygens (including phenoxy) is 1. The van der Waals surface area contributed by atoms with Crippen LogP contribution in [0.3, 0.4) is 0 Å². The van der Waals surface area contributed by atoms with Crippen molar-refractivity contribution in [2.45, 2.75) is 20.3 Å². The standard InChI is InChI=1S/C18H22N2O2/c1-13-4-9-17(14(2)12-13)20-18(21)10-11-19-15-5-7-16(22-3)8-6-15/h4-9,12,19H,10-11H2,1-3H3,(H,20,21). The number of hydrogen-bond donors (Lipinski definition) is 2.